The molecule has 1 atom stereocenters. The summed E-state index contributed by atoms with van der Waals surface area (Å²) in [6.07, 6.45) is 4.06. The van der Waals surface area contributed by atoms with E-state index in [4.69, 9.17) is 11.6 Å². The third-order valence-corrected chi connectivity index (χ3v) is 8.55. The number of nitriles is 1. The highest BCUT2D eigenvalue weighted by Crippen LogP contribution is 2.37. The number of rotatable bonds is 8. The van der Waals surface area contributed by atoms with Crippen LogP contribution >= 0.6 is 34.7 Å². The van der Waals surface area contributed by atoms with Gasteiger partial charge < -0.3 is 15.2 Å². The Balaban J connectivity index is 1.41. The number of nitrogens with one attached hydrogen (secondary N) is 2. The molecule has 11 heteroatoms. The van der Waals surface area contributed by atoms with Gasteiger partial charge in [0, 0.05) is 22.5 Å². The second kappa shape index (κ2) is 11.5. The van der Waals surface area contributed by atoms with Crippen LogP contribution in [0.15, 0.2) is 29.4 Å². The Labute approximate surface area is 223 Å². The fourth-order valence-corrected chi connectivity index (χ4v) is 6.24. The minimum absolute atomic E-state index is 0.0552. The Bertz CT molecular complexity index is 1310. The van der Waals surface area contributed by atoms with Gasteiger partial charge in [-0.2, -0.15) is 5.26 Å². The number of amides is 2. The molecule has 1 aliphatic carbocycles. The maximum Gasteiger partial charge on any atom is 0.251 e. The number of hydrogen-bond donors (Lipinski definition) is 2. The van der Waals surface area contributed by atoms with Gasteiger partial charge in [0.15, 0.2) is 11.0 Å². The van der Waals surface area contributed by atoms with Crippen LogP contribution in [0.2, 0.25) is 5.02 Å². The average molecular weight is 543 g/mol. The van der Waals surface area contributed by atoms with E-state index < -0.39 is 0 Å². The van der Waals surface area contributed by atoms with E-state index in [0.29, 0.717) is 32.1 Å². The topological polar surface area (TPSA) is 113 Å². The molecule has 0 unspecified atom stereocenters. The summed E-state index contributed by atoms with van der Waals surface area (Å²) in [7, 11) is 1.82. The highest BCUT2D eigenvalue weighted by atomic mass is 35.5. The number of anilines is 1. The molecule has 188 valence electrons. The Morgan fingerprint density at radius 2 is 1.94 bits per heavy atom. The molecule has 0 radical (unpaired) electrons. The maximum atomic E-state index is 12.8. The minimum atomic E-state index is -0.371. The molecule has 2 amide bonds. The first-order chi connectivity index (χ1) is 17.3. The maximum absolute atomic E-state index is 12.8. The van der Waals surface area contributed by atoms with Crippen molar-refractivity contribution in [2.24, 2.45) is 13.0 Å². The summed E-state index contributed by atoms with van der Waals surface area (Å²) >= 11 is 8.70. The van der Waals surface area contributed by atoms with Gasteiger partial charge in [-0.25, -0.2) is 0 Å². The Kier molecular flexibility index (Phi) is 8.34. The first-order valence-electron chi connectivity index (χ1n) is 11.7. The number of thioether (sulfide) groups is 1. The number of hydrogen-bond acceptors (Lipinski definition) is 7. The molecule has 0 saturated carbocycles. The summed E-state index contributed by atoms with van der Waals surface area (Å²) in [6.45, 7) is 3.99. The molecular weight excluding hydrogens is 516 g/mol. The molecule has 2 N–H and O–H groups in total. The van der Waals surface area contributed by atoms with Crippen molar-refractivity contribution in [2.75, 3.05) is 11.1 Å². The lowest BCUT2D eigenvalue weighted by atomic mass is 9.96. The van der Waals surface area contributed by atoms with Gasteiger partial charge in [-0.05, 0) is 61.4 Å². The van der Waals surface area contributed by atoms with Crippen LogP contribution in [0.4, 0.5) is 5.00 Å². The van der Waals surface area contributed by atoms with E-state index in [1.807, 2.05) is 20.9 Å². The molecule has 36 heavy (non-hydrogen) atoms. The summed E-state index contributed by atoms with van der Waals surface area (Å²) in [5.41, 5.74) is 2.20. The van der Waals surface area contributed by atoms with E-state index in [-0.39, 0.29) is 29.5 Å². The zero-order valence-electron chi connectivity index (χ0n) is 20.3. The van der Waals surface area contributed by atoms with Gasteiger partial charge >= 0.3 is 0 Å². The zero-order valence-corrected chi connectivity index (χ0v) is 22.7. The molecule has 2 heterocycles. The molecule has 0 aliphatic heterocycles. The molecule has 4 rings (SSSR count). The molecule has 1 aromatic carbocycles. The SMILES string of the molecule is CC(C)[C@H](NC(=O)c1ccc(Cl)cc1)c1nnc(SCC(=O)Nc2sc3c(c2C#N)CCCC3)n1C. The molecular formula is C25H27ClN6O2S2. The van der Waals surface area contributed by atoms with E-state index >= 15 is 0 Å². The molecule has 0 bridgehead atoms. The van der Waals surface area contributed by atoms with Crippen LogP contribution < -0.4 is 10.6 Å². The van der Waals surface area contributed by atoms with E-state index in [1.54, 1.807) is 28.8 Å². The number of benzene rings is 1. The first kappa shape index (κ1) is 26.2. The smallest absolute Gasteiger partial charge is 0.251 e. The quantitative estimate of drug-likeness (QED) is 0.381. The highest BCUT2D eigenvalue weighted by molar-refractivity contribution is 7.99. The lowest BCUT2D eigenvalue weighted by molar-refractivity contribution is -0.113. The predicted octanol–water partition coefficient (Wildman–Crippen LogP) is 5.14. The Morgan fingerprint density at radius 3 is 2.64 bits per heavy atom. The number of halogens is 1. The number of nitrogens with zero attached hydrogens (tertiary/aromatic N) is 4. The van der Waals surface area contributed by atoms with Crippen molar-refractivity contribution < 1.29 is 9.59 Å². The highest BCUT2D eigenvalue weighted by Gasteiger charge is 2.26. The standard InChI is InChI=1S/C25H27ClN6O2S2/c1-14(2)21(29-23(34)15-8-10-16(26)11-9-15)22-30-31-25(32(22)3)35-13-20(33)28-24-18(12-27)17-6-4-5-7-19(17)36-24/h8-11,14,21H,4-7,13H2,1-3H3,(H,28,33)(H,29,34)/t21-/m0/s1. The predicted molar refractivity (Wildman–Crippen MR) is 143 cm³/mol. The normalized spacial score (nSPS) is 13.7. The third kappa shape index (κ3) is 5.75. The van der Waals surface area contributed by atoms with E-state index in [1.165, 1.54) is 28.0 Å². The summed E-state index contributed by atoms with van der Waals surface area (Å²) < 4.78 is 1.80. The largest absolute Gasteiger partial charge is 0.342 e. The molecule has 2 aromatic heterocycles. The van der Waals surface area contributed by atoms with Crippen LogP contribution in [0, 0.1) is 17.2 Å². The second-order valence-corrected chi connectivity index (χ2v) is 11.4. The van der Waals surface area contributed by atoms with Crippen molar-refractivity contribution >= 4 is 51.5 Å². The van der Waals surface area contributed by atoms with Gasteiger partial charge in [0.05, 0.1) is 17.4 Å². The number of carbonyl (C=O) groups is 2. The monoisotopic (exact) mass is 542 g/mol. The first-order valence-corrected chi connectivity index (χ1v) is 13.9. The lowest BCUT2D eigenvalue weighted by Gasteiger charge is -2.21. The lowest BCUT2D eigenvalue weighted by Crippen LogP contribution is -2.33. The van der Waals surface area contributed by atoms with Gasteiger partial charge in [0.1, 0.15) is 11.1 Å². The van der Waals surface area contributed by atoms with Crippen LogP contribution in [-0.4, -0.2) is 32.3 Å². The zero-order chi connectivity index (χ0) is 25.8. The Morgan fingerprint density at radius 1 is 1.22 bits per heavy atom. The molecule has 0 spiro atoms. The van der Waals surface area contributed by atoms with Crippen LogP contribution in [-0.2, 0) is 24.7 Å². The van der Waals surface area contributed by atoms with E-state index in [2.05, 4.69) is 26.9 Å². The van der Waals surface area contributed by atoms with Gasteiger partial charge in [-0.15, -0.1) is 21.5 Å². The van der Waals surface area contributed by atoms with Gasteiger partial charge in [0.25, 0.3) is 5.91 Å². The van der Waals surface area contributed by atoms with Crippen molar-refractivity contribution in [1.82, 2.24) is 20.1 Å². The van der Waals surface area contributed by atoms with Gasteiger partial charge in [0.2, 0.25) is 5.91 Å². The van der Waals surface area contributed by atoms with Crippen LogP contribution in [0.5, 0.6) is 0 Å². The number of thiophene rings is 1. The average Bonchev–Trinajstić information content (AvgIpc) is 3.40. The summed E-state index contributed by atoms with van der Waals surface area (Å²) in [4.78, 5) is 26.7. The third-order valence-electron chi connectivity index (χ3n) is 6.07. The minimum Gasteiger partial charge on any atom is -0.342 e. The summed E-state index contributed by atoms with van der Waals surface area (Å²) in [5.74, 6) is 0.362. The summed E-state index contributed by atoms with van der Waals surface area (Å²) in [6, 6.07) is 8.60. The fraction of sp³-hybridized carbons (Fsp3) is 0.400. The van der Waals surface area contributed by atoms with E-state index in [0.717, 1.165) is 31.2 Å². The molecule has 8 nitrogen and oxygen atoms in total. The number of fused-ring (bicyclic) bond motifs is 1. The number of aryl methyl sites for hydroxylation is 1. The summed E-state index contributed by atoms with van der Waals surface area (Å²) in [5, 5.41) is 25.9. The van der Waals surface area contributed by atoms with Crippen LogP contribution in [0.3, 0.4) is 0 Å². The van der Waals surface area contributed by atoms with Crippen molar-refractivity contribution in [3.63, 3.8) is 0 Å². The molecule has 1 aliphatic rings. The molecule has 0 fully saturated rings. The molecule has 0 saturated heterocycles. The van der Waals surface area contributed by atoms with Gasteiger partial charge in [-0.3, -0.25) is 9.59 Å². The number of carbonyl (C=O) groups excluding carboxylic acids is 2. The van der Waals surface area contributed by atoms with E-state index in [9.17, 15) is 14.9 Å². The number of aromatic nitrogens is 3. The van der Waals surface area contributed by atoms with Crippen molar-refractivity contribution in [3.8, 4) is 6.07 Å². The van der Waals surface area contributed by atoms with Crippen molar-refractivity contribution in [3.05, 3.63) is 56.7 Å². The van der Waals surface area contributed by atoms with Crippen LogP contribution in [0.1, 0.15) is 64.9 Å². The molecule has 3 aromatic rings. The van der Waals surface area contributed by atoms with Crippen molar-refractivity contribution in [1.29, 1.82) is 5.26 Å². The second-order valence-electron chi connectivity index (χ2n) is 8.97. The van der Waals surface area contributed by atoms with Gasteiger partial charge in [-0.1, -0.05) is 37.2 Å². The Hall–Kier alpha value is -2.87. The van der Waals surface area contributed by atoms with Crippen molar-refractivity contribution in [2.45, 2.75) is 50.7 Å². The van der Waals surface area contributed by atoms with Crippen LogP contribution in [0.25, 0.3) is 0 Å². The fourth-order valence-electron chi connectivity index (χ4n) is 4.14.